The Labute approximate surface area is 160 Å². The lowest BCUT2D eigenvalue weighted by Crippen LogP contribution is -2.56. The molecule has 4 aliphatic carbocycles. The lowest BCUT2D eigenvalue weighted by atomic mass is 9.48. The zero-order valence-electron chi connectivity index (χ0n) is 16.5. The minimum Gasteiger partial charge on any atom is -0.393 e. The molecule has 154 valence electrons. The van der Waals surface area contributed by atoms with Gasteiger partial charge in [0.2, 0.25) is 0 Å². The van der Waals surface area contributed by atoms with Gasteiger partial charge in [0.25, 0.3) is 5.92 Å². The molecule has 3 nitrogen and oxygen atoms in total. The maximum Gasteiger partial charge on any atom is 0.251 e. The van der Waals surface area contributed by atoms with E-state index in [2.05, 4.69) is 6.92 Å². The van der Waals surface area contributed by atoms with Crippen LogP contribution < -0.4 is 0 Å². The molecule has 27 heavy (non-hydrogen) atoms. The Kier molecular flexibility index (Phi) is 4.94. The molecule has 0 spiro atoms. The van der Waals surface area contributed by atoms with Crippen LogP contribution in [-0.2, 0) is 4.79 Å². The van der Waals surface area contributed by atoms with Crippen molar-refractivity contribution in [3.63, 3.8) is 0 Å². The second-order valence-corrected chi connectivity index (χ2v) is 10.3. The van der Waals surface area contributed by atoms with Crippen LogP contribution in [-0.4, -0.2) is 34.6 Å². The molecule has 0 aromatic carbocycles. The van der Waals surface area contributed by atoms with Crippen LogP contribution in [0.25, 0.3) is 0 Å². The molecule has 4 rings (SSSR count). The first-order valence-corrected chi connectivity index (χ1v) is 10.9. The van der Waals surface area contributed by atoms with Gasteiger partial charge in [-0.1, -0.05) is 6.92 Å². The van der Waals surface area contributed by atoms with Crippen LogP contribution in [0.15, 0.2) is 0 Å². The summed E-state index contributed by atoms with van der Waals surface area (Å²) in [6.45, 7) is 3.48. The van der Waals surface area contributed by atoms with E-state index in [1.54, 1.807) is 6.92 Å². The third kappa shape index (κ3) is 2.99. The number of aliphatic hydroxyl groups is 2. The summed E-state index contributed by atoms with van der Waals surface area (Å²) in [5.41, 5.74) is -0.234. The number of alkyl halides is 2. The Hall–Kier alpha value is -0.550. The highest BCUT2D eigenvalue weighted by Gasteiger charge is 2.63. The number of rotatable bonds is 3. The summed E-state index contributed by atoms with van der Waals surface area (Å²) in [5, 5.41) is 19.4. The average molecular weight is 385 g/mol. The summed E-state index contributed by atoms with van der Waals surface area (Å²) in [5.74, 6) is -2.86. The fourth-order valence-corrected chi connectivity index (χ4v) is 7.92. The zero-order chi connectivity index (χ0) is 19.6. The van der Waals surface area contributed by atoms with E-state index in [9.17, 15) is 15.0 Å². The Morgan fingerprint density at radius 2 is 1.78 bits per heavy atom. The van der Waals surface area contributed by atoms with Crippen LogP contribution in [0.5, 0.6) is 0 Å². The normalized spacial score (nSPS) is 49.6. The molecule has 0 saturated heterocycles. The average Bonchev–Trinajstić information content (AvgIpc) is 2.98. The minimum atomic E-state index is -2.63. The van der Waals surface area contributed by atoms with Gasteiger partial charge in [-0.2, -0.15) is 0 Å². The third-order valence-electron chi connectivity index (χ3n) is 9.26. The van der Waals surface area contributed by atoms with E-state index in [1.165, 1.54) is 0 Å². The number of hydrogen-bond acceptors (Lipinski definition) is 3. The largest absolute Gasteiger partial charge is 0.393 e. The number of halogens is 2. The van der Waals surface area contributed by atoms with Crippen LogP contribution in [0.1, 0.15) is 65.2 Å². The molecule has 0 aliphatic heterocycles. The van der Waals surface area contributed by atoms with Crippen molar-refractivity contribution < 1.29 is 23.8 Å². The van der Waals surface area contributed by atoms with Crippen molar-refractivity contribution >= 4 is 5.78 Å². The molecule has 2 N–H and O–H groups in total. The van der Waals surface area contributed by atoms with Gasteiger partial charge in [0.15, 0.2) is 5.78 Å². The van der Waals surface area contributed by atoms with Crippen molar-refractivity contribution in [2.45, 2.75) is 77.2 Å². The molecule has 0 bridgehead atoms. The first kappa shape index (κ1) is 19.8. The van der Waals surface area contributed by atoms with Gasteiger partial charge in [-0.3, -0.25) is 4.79 Å². The highest BCUT2D eigenvalue weighted by atomic mass is 19.3. The van der Waals surface area contributed by atoms with Crippen LogP contribution in [0, 0.1) is 46.8 Å². The summed E-state index contributed by atoms with van der Waals surface area (Å²) in [6, 6.07) is 0. The van der Waals surface area contributed by atoms with E-state index < -0.39 is 24.6 Å². The van der Waals surface area contributed by atoms with Crippen molar-refractivity contribution in [3.8, 4) is 0 Å². The van der Waals surface area contributed by atoms with Gasteiger partial charge < -0.3 is 10.2 Å². The van der Waals surface area contributed by atoms with Gasteiger partial charge in [-0.15, -0.1) is 0 Å². The number of carbonyl (C=O) groups is 1. The van der Waals surface area contributed by atoms with Gasteiger partial charge >= 0.3 is 0 Å². The maximum atomic E-state index is 15.2. The van der Waals surface area contributed by atoms with E-state index >= 15 is 8.78 Å². The Morgan fingerprint density at radius 3 is 2.44 bits per heavy atom. The molecule has 5 heteroatoms. The van der Waals surface area contributed by atoms with Crippen molar-refractivity contribution in [3.05, 3.63) is 0 Å². The standard InChI is InChI=1S/C22H34F2O3/c1-12(26)13-3-4-18-15(9-13)14-7-8-21(2)17(16(14)10-22(18,23)24)5-6-19(21)20(27)11-25/h12-19,25-26H,3-11H2,1-2H3/t12?,13?,14-,15-,16-,17+,18+,19-,21+/m1/s1. The van der Waals surface area contributed by atoms with E-state index in [4.69, 9.17) is 0 Å². The van der Waals surface area contributed by atoms with Gasteiger partial charge in [-0.25, -0.2) is 8.78 Å². The van der Waals surface area contributed by atoms with Gasteiger partial charge in [-0.05, 0) is 86.9 Å². The van der Waals surface area contributed by atoms with E-state index in [0.717, 1.165) is 32.1 Å². The SMILES string of the molecule is CC(O)C1CC[C@H]2[C@H](C1)[C@H]1CC[C@]3(C)[C@@H](C(=O)CO)CC[C@H]3[C@@H]1CC2(F)F. The second-order valence-electron chi connectivity index (χ2n) is 10.3. The second kappa shape index (κ2) is 6.76. The summed E-state index contributed by atoms with van der Waals surface area (Å²) >= 11 is 0. The van der Waals surface area contributed by atoms with Gasteiger partial charge in [0, 0.05) is 18.3 Å². The highest BCUT2D eigenvalue weighted by Crippen LogP contribution is 2.66. The Bertz CT molecular complexity index is 592. The topological polar surface area (TPSA) is 57.5 Å². The first-order chi connectivity index (χ1) is 12.7. The smallest absolute Gasteiger partial charge is 0.251 e. The predicted molar refractivity (Wildman–Crippen MR) is 98.2 cm³/mol. The molecule has 0 heterocycles. The molecule has 4 aliphatic rings. The number of aliphatic hydroxyl groups excluding tert-OH is 2. The molecule has 9 atom stereocenters. The van der Waals surface area contributed by atoms with Crippen LogP contribution in [0.4, 0.5) is 8.78 Å². The number of fused-ring (bicyclic) bond motifs is 5. The molecule has 0 radical (unpaired) electrons. The lowest BCUT2D eigenvalue weighted by Gasteiger charge is -2.58. The molecule has 4 saturated carbocycles. The fraction of sp³-hybridized carbons (Fsp3) is 0.955. The van der Waals surface area contributed by atoms with Crippen molar-refractivity contribution in [1.29, 1.82) is 0 Å². The number of hydrogen-bond donors (Lipinski definition) is 2. The first-order valence-electron chi connectivity index (χ1n) is 10.9. The predicted octanol–water partition coefficient (Wildman–Crippen LogP) is 4.06. The quantitative estimate of drug-likeness (QED) is 0.772. The molecular formula is C22H34F2O3. The van der Waals surface area contributed by atoms with E-state index in [0.29, 0.717) is 18.8 Å². The number of carbonyl (C=O) groups excluding carboxylic acids is 1. The van der Waals surface area contributed by atoms with E-state index in [-0.39, 0.29) is 47.2 Å². The molecular weight excluding hydrogens is 350 g/mol. The fourth-order valence-electron chi connectivity index (χ4n) is 7.92. The number of ketones is 1. The highest BCUT2D eigenvalue weighted by molar-refractivity contribution is 5.83. The third-order valence-corrected chi connectivity index (χ3v) is 9.26. The molecule has 0 aromatic heterocycles. The maximum absolute atomic E-state index is 15.2. The zero-order valence-corrected chi connectivity index (χ0v) is 16.5. The van der Waals surface area contributed by atoms with Gasteiger partial charge in [0.1, 0.15) is 6.61 Å². The molecule has 4 fully saturated rings. The molecule has 2 unspecified atom stereocenters. The Balaban J connectivity index is 1.62. The minimum absolute atomic E-state index is 0.00393. The van der Waals surface area contributed by atoms with Gasteiger partial charge in [0.05, 0.1) is 6.10 Å². The number of Topliss-reactive ketones (excluding diaryl/α,β-unsaturated/α-hetero) is 1. The molecule has 0 amide bonds. The summed E-state index contributed by atoms with van der Waals surface area (Å²) < 4.78 is 30.3. The monoisotopic (exact) mass is 384 g/mol. The lowest BCUT2D eigenvalue weighted by molar-refractivity contribution is -0.197. The van der Waals surface area contributed by atoms with Crippen molar-refractivity contribution in [2.75, 3.05) is 6.61 Å². The van der Waals surface area contributed by atoms with Crippen molar-refractivity contribution in [2.24, 2.45) is 46.8 Å². The summed E-state index contributed by atoms with van der Waals surface area (Å²) in [4.78, 5) is 12.3. The Morgan fingerprint density at radius 1 is 1.07 bits per heavy atom. The summed E-state index contributed by atoms with van der Waals surface area (Å²) in [6.07, 6.45) is 4.90. The summed E-state index contributed by atoms with van der Waals surface area (Å²) in [7, 11) is 0. The van der Waals surface area contributed by atoms with Crippen LogP contribution >= 0.6 is 0 Å². The molecule has 0 aromatic rings. The van der Waals surface area contributed by atoms with Crippen molar-refractivity contribution in [1.82, 2.24) is 0 Å². The van der Waals surface area contributed by atoms with Crippen LogP contribution in [0.2, 0.25) is 0 Å². The van der Waals surface area contributed by atoms with Crippen LogP contribution in [0.3, 0.4) is 0 Å². The van der Waals surface area contributed by atoms with E-state index in [1.807, 2.05) is 0 Å².